The molecule has 0 aromatic heterocycles. The summed E-state index contributed by atoms with van der Waals surface area (Å²) in [6.45, 7) is 2.56. The number of likely N-dealkylation sites (tertiary alicyclic amines) is 1. The molecule has 0 radical (unpaired) electrons. The van der Waals surface area contributed by atoms with Crippen LogP contribution in [0.4, 0.5) is 11.4 Å². The lowest BCUT2D eigenvalue weighted by molar-refractivity contribution is -0.384. The average molecular weight is 389 g/mol. The van der Waals surface area contributed by atoms with Gasteiger partial charge in [-0.2, -0.15) is 0 Å². The molecule has 1 atom stereocenters. The van der Waals surface area contributed by atoms with E-state index in [0.29, 0.717) is 31.6 Å². The van der Waals surface area contributed by atoms with E-state index in [2.05, 4.69) is 5.32 Å². The maximum atomic E-state index is 12.3. The average Bonchev–Trinajstić information content (AvgIpc) is 3.53. The number of amides is 2. The van der Waals surface area contributed by atoms with Gasteiger partial charge in [0.25, 0.3) is 11.6 Å². The van der Waals surface area contributed by atoms with Crippen molar-refractivity contribution in [3.63, 3.8) is 0 Å². The van der Waals surface area contributed by atoms with Crippen molar-refractivity contribution in [1.82, 2.24) is 4.90 Å². The molecular weight excluding hydrogens is 366 g/mol. The molecule has 3 rings (SSSR count). The molecule has 1 saturated heterocycles. The molecule has 1 aromatic carbocycles. The number of hydrogen-bond acceptors (Lipinski definition) is 6. The Bertz CT molecular complexity index is 766. The summed E-state index contributed by atoms with van der Waals surface area (Å²) in [5.74, 6) is -0.916. The molecule has 1 aromatic rings. The van der Waals surface area contributed by atoms with E-state index in [4.69, 9.17) is 4.74 Å². The number of nitrogens with one attached hydrogen (secondary N) is 1. The van der Waals surface area contributed by atoms with E-state index in [0.717, 1.165) is 12.8 Å². The van der Waals surface area contributed by atoms with Gasteiger partial charge in [-0.15, -0.1) is 0 Å². The van der Waals surface area contributed by atoms with E-state index in [-0.39, 0.29) is 23.4 Å². The zero-order valence-electron chi connectivity index (χ0n) is 15.6. The standard InChI is InChI=1S/C19H23N3O6/c1-12(17(23)20-15-4-6-16(7-5-15)22(26)27)28-19(25)14-8-10-21(11-9-14)18(24)13-2-3-13/h4-7,12-14H,2-3,8-11H2,1H3,(H,20,23). The zero-order chi connectivity index (χ0) is 20.3. The number of rotatable bonds is 6. The smallest absolute Gasteiger partial charge is 0.309 e. The summed E-state index contributed by atoms with van der Waals surface area (Å²) >= 11 is 0. The zero-order valence-corrected chi connectivity index (χ0v) is 15.6. The van der Waals surface area contributed by atoms with Crippen LogP contribution in [-0.2, 0) is 19.1 Å². The third-order valence-electron chi connectivity index (χ3n) is 5.07. The first-order valence-corrected chi connectivity index (χ1v) is 9.39. The van der Waals surface area contributed by atoms with Gasteiger partial charge in [-0.1, -0.05) is 0 Å². The summed E-state index contributed by atoms with van der Waals surface area (Å²) in [5, 5.41) is 13.2. The van der Waals surface area contributed by atoms with E-state index < -0.39 is 22.9 Å². The first kappa shape index (κ1) is 19.8. The number of non-ortho nitro benzene ring substituents is 1. The van der Waals surface area contributed by atoms with E-state index >= 15 is 0 Å². The lowest BCUT2D eigenvalue weighted by Gasteiger charge is -2.31. The van der Waals surface area contributed by atoms with Crippen molar-refractivity contribution >= 4 is 29.2 Å². The number of benzene rings is 1. The number of anilines is 1. The normalized spacial score (nSPS) is 18.2. The van der Waals surface area contributed by atoms with Crippen LogP contribution in [0, 0.1) is 22.0 Å². The Kier molecular flexibility index (Phi) is 5.91. The topological polar surface area (TPSA) is 119 Å². The molecule has 1 saturated carbocycles. The molecular formula is C19H23N3O6. The lowest BCUT2D eigenvalue weighted by Crippen LogP contribution is -2.42. The molecule has 1 aliphatic carbocycles. The number of nitrogens with zero attached hydrogens (tertiary/aromatic N) is 2. The van der Waals surface area contributed by atoms with Crippen molar-refractivity contribution in [2.75, 3.05) is 18.4 Å². The molecule has 1 aliphatic heterocycles. The fraction of sp³-hybridized carbons (Fsp3) is 0.526. The number of piperidine rings is 1. The highest BCUT2D eigenvalue weighted by molar-refractivity contribution is 5.95. The van der Waals surface area contributed by atoms with Crippen LogP contribution in [0.25, 0.3) is 0 Å². The highest BCUT2D eigenvalue weighted by Gasteiger charge is 2.36. The summed E-state index contributed by atoms with van der Waals surface area (Å²) in [6.07, 6.45) is 2.00. The second kappa shape index (κ2) is 8.37. The summed E-state index contributed by atoms with van der Waals surface area (Å²) in [4.78, 5) is 48.5. The van der Waals surface area contributed by atoms with Crippen molar-refractivity contribution in [3.05, 3.63) is 34.4 Å². The highest BCUT2D eigenvalue weighted by atomic mass is 16.6. The molecule has 0 spiro atoms. The van der Waals surface area contributed by atoms with Crippen LogP contribution >= 0.6 is 0 Å². The summed E-state index contributed by atoms with van der Waals surface area (Å²) in [7, 11) is 0. The van der Waals surface area contributed by atoms with Gasteiger partial charge in [0.2, 0.25) is 5.91 Å². The molecule has 150 valence electrons. The van der Waals surface area contributed by atoms with E-state index in [1.807, 2.05) is 4.90 Å². The summed E-state index contributed by atoms with van der Waals surface area (Å²) < 4.78 is 5.28. The number of ether oxygens (including phenoxy) is 1. The summed E-state index contributed by atoms with van der Waals surface area (Å²) in [6, 6.07) is 5.39. The van der Waals surface area contributed by atoms with Crippen LogP contribution in [0.3, 0.4) is 0 Å². The lowest BCUT2D eigenvalue weighted by atomic mass is 9.96. The van der Waals surface area contributed by atoms with Crippen molar-refractivity contribution < 1.29 is 24.0 Å². The van der Waals surface area contributed by atoms with Crippen LogP contribution in [0.2, 0.25) is 0 Å². The fourth-order valence-electron chi connectivity index (χ4n) is 3.16. The predicted octanol–water partition coefficient (Wildman–Crippen LogP) is 2.11. The Balaban J connectivity index is 1.45. The minimum atomic E-state index is -0.992. The second-order valence-electron chi connectivity index (χ2n) is 7.25. The Morgan fingerprint density at radius 3 is 2.25 bits per heavy atom. The van der Waals surface area contributed by atoms with E-state index in [1.54, 1.807) is 0 Å². The van der Waals surface area contributed by atoms with Gasteiger partial charge in [-0.3, -0.25) is 24.5 Å². The van der Waals surface area contributed by atoms with Crippen molar-refractivity contribution in [2.45, 2.75) is 38.7 Å². The predicted molar refractivity (Wildman–Crippen MR) is 99.3 cm³/mol. The number of carbonyl (C=O) groups is 3. The Morgan fingerprint density at radius 1 is 1.11 bits per heavy atom. The minimum Gasteiger partial charge on any atom is -0.452 e. The maximum absolute atomic E-state index is 12.3. The van der Waals surface area contributed by atoms with Crippen LogP contribution in [0.1, 0.15) is 32.6 Å². The molecule has 2 aliphatic rings. The van der Waals surface area contributed by atoms with Crippen LogP contribution in [0.15, 0.2) is 24.3 Å². The van der Waals surface area contributed by atoms with Crippen LogP contribution in [-0.4, -0.2) is 46.8 Å². The molecule has 1 unspecified atom stereocenters. The molecule has 2 amide bonds. The van der Waals surface area contributed by atoms with Gasteiger partial charge in [-0.05, 0) is 44.7 Å². The molecule has 28 heavy (non-hydrogen) atoms. The highest BCUT2D eigenvalue weighted by Crippen LogP contribution is 2.32. The van der Waals surface area contributed by atoms with Gasteiger partial charge in [-0.25, -0.2) is 0 Å². The third kappa shape index (κ3) is 4.85. The number of nitro groups is 1. The Morgan fingerprint density at radius 2 is 1.71 bits per heavy atom. The molecule has 9 heteroatoms. The summed E-state index contributed by atoms with van der Waals surface area (Å²) in [5.41, 5.74) is 0.300. The fourth-order valence-corrected chi connectivity index (χ4v) is 3.16. The maximum Gasteiger partial charge on any atom is 0.309 e. The molecule has 9 nitrogen and oxygen atoms in total. The number of carbonyl (C=O) groups excluding carboxylic acids is 3. The third-order valence-corrected chi connectivity index (χ3v) is 5.07. The van der Waals surface area contributed by atoms with Gasteiger partial charge >= 0.3 is 5.97 Å². The van der Waals surface area contributed by atoms with Crippen molar-refractivity contribution in [3.8, 4) is 0 Å². The van der Waals surface area contributed by atoms with Gasteiger partial charge in [0, 0.05) is 36.8 Å². The Hall–Kier alpha value is -2.97. The van der Waals surface area contributed by atoms with Crippen molar-refractivity contribution in [1.29, 1.82) is 0 Å². The van der Waals surface area contributed by atoms with Gasteiger partial charge < -0.3 is 15.0 Å². The molecule has 0 bridgehead atoms. The second-order valence-corrected chi connectivity index (χ2v) is 7.25. The van der Waals surface area contributed by atoms with E-state index in [1.165, 1.54) is 31.2 Å². The van der Waals surface area contributed by atoms with Gasteiger partial charge in [0.15, 0.2) is 6.10 Å². The first-order valence-electron chi connectivity index (χ1n) is 9.39. The first-order chi connectivity index (χ1) is 13.3. The monoisotopic (exact) mass is 389 g/mol. The van der Waals surface area contributed by atoms with Crippen molar-refractivity contribution in [2.24, 2.45) is 11.8 Å². The largest absolute Gasteiger partial charge is 0.452 e. The molecule has 1 heterocycles. The minimum absolute atomic E-state index is 0.0796. The Labute approximate surface area is 162 Å². The van der Waals surface area contributed by atoms with E-state index in [9.17, 15) is 24.5 Å². The molecule has 1 N–H and O–H groups in total. The number of hydrogen-bond donors (Lipinski definition) is 1. The van der Waals surface area contributed by atoms with Gasteiger partial charge in [0.05, 0.1) is 10.8 Å². The number of esters is 1. The SMILES string of the molecule is CC(OC(=O)C1CCN(C(=O)C2CC2)CC1)C(=O)Nc1ccc([N+](=O)[O-])cc1. The van der Waals surface area contributed by atoms with Crippen LogP contribution < -0.4 is 5.32 Å². The number of nitro benzene ring substituents is 1. The molecule has 2 fully saturated rings. The quantitative estimate of drug-likeness (QED) is 0.452. The van der Waals surface area contributed by atoms with Gasteiger partial charge in [0.1, 0.15) is 0 Å². The van der Waals surface area contributed by atoms with Crippen LogP contribution in [0.5, 0.6) is 0 Å².